The van der Waals surface area contributed by atoms with Crippen molar-refractivity contribution in [1.82, 2.24) is 0 Å². The van der Waals surface area contributed by atoms with E-state index < -0.39 is 19.1 Å². The van der Waals surface area contributed by atoms with Gasteiger partial charge in [0.2, 0.25) is 8.32 Å². The number of hydrogen-bond acceptors (Lipinski definition) is 1. The van der Waals surface area contributed by atoms with E-state index in [1.807, 2.05) is 0 Å². The SMILES string of the molecule is C[Si](C)(C)OC1=CC(c2c3ccccc3cc3ccccc23)C23c4c5c6c7c8c9c(c%10c%11c2c2c4c4c%12c5c5c6c6c8c8c%13c9c9c%10c%10c%11c%11c2c2c4c4c%12c%12c5c5c6c8c6c8c%13c9c9c%10c%10c%11c2c2c4c4c%12c5c6c5c8c9c%10c2c45)C73C1. The fourth-order valence-corrected chi connectivity index (χ4v) is 29.1. The molecule has 0 saturated heterocycles. The van der Waals surface area contributed by atoms with E-state index in [1.165, 1.54) is 32.9 Å². The monoisotopic (exact) mass is 1040 g/mol. The summed E-state index contributed by atoms with van der Waals surface area (Å²) < 4.78 is 8.00. The number of hydrogen-bond donors (Lipinski definition) is 0. The zero-order valence-corrected chi connectivity index (χ0v) is 45.0. The highest BCUT2D eigenvalue weighted by molar-refractivity contribution is 6.82. The lowest BCUT2D eigenvalue weighted by atomic mass is 9.41. The fourth-order valence-electron chi connectivity index (χ4n) is 28.1. The molecule has 0 saturated carbocycles. The van der Waals surface area contributed by atoms with Gasteiger partial charge in [0.25, 0.3) is 0 Å². The summed E-state index contributed by atoms with van der Waals surface area (Å²) in [5.41, 5.74) is 7.50. The largest absolute Gasteiger partial charge is 0.548 e. The molecule has 0 N–H and O–H groups in total. The van der Waals surface area contributed by atoms with E-state index >= 15 is 0 Å². The lowest BCUT2D eigenvalue weighted by Gasteiger charge is -2.60. The molecule has 0 fully saturated rings. The molecule has 356 valence electrons. The topological polar surface area (TPSA) is 9.23 Å². The minimum Gasteiger partial charge on any atom is -0.548 e. The summed E-state index contributed by atoms with van der Waals surface area (Å²) in [5, 5.41) is 94.8. The van der Waals surface area contributed by atoms with Crippen molar-refractivity contribution >= 4 is 321 Å². The Balaban J connectivity index is 1.04. The Morgan fingerprint density at radius 3 is 0.783 bits per heavy atom. The zero-order valence-electron chi connectivity index (χ0n) is 44.0. The van der Waals surface area contributed by atoms with Crippen LogP contribution in [0.3, 0.4) is 0 Å². The van der Waals surface area contributed by atoms with Gasteiger partial charge in [0.15, 0.2) is 0 Å². The molecule has 2 heteroatoms. The normalized spacial score (nSPS) is 22.2. The van der Waals surface area contributed by atoms with Gasteiger partial charge in [-0.15, -0.1) is 0 Å². The van der Waals surface area contributed by atoms with Gasteiger partial charge in [0.05, 0.1) is 5.76 Å². The smallest absolute Gasteiger partial charge is 0.241 e. The predicted octanol–water partition coefficient (Wildman–Crippen LogP) is 22.5. The molecule has 0 aliphatic heterocycles. The molecule has 1 atom stereocenters. The Kier molecular flexibility index (Phi) is 3.20. The van der Waals surface area contributed by atoms with Crippen molar-refractivity contribution < 1.29 is 4.43 Å². The van der Waals surface area contributed by atoms with Gasteiger partial charge in [0.1, 0.15) is 0 Å². The molecule has 5 aliphatic carbocycles. The second-order valence-electron chi connectivity index (χ2n) is 30.7. The molecule has 5 aliphatic rings. The average molecular weight is 1040 g/mol. The van der Waals surface area contributed by atoms with E-state index in [-0.39, 0.29) is 5.92 Å². The molecule has 0 aromatic heterocycles. The van der Waals surface area contributed by atoms with E-state index in [0.717, 1.165) is 6.42 Å². The summed E-state index contributed by atoms with van der Waals surface area (Å²) in [5.74, 6) is 1.23. The third kappa shape index (κ3) is 2.02. The van der Waals surface area contributed by atoms with Crippen molar-refractivity contribution in [3.8, 4) is 0 Å². The average Bonchev–Trinajstić information content (AvgIpc) is 1.39. The third-order valence-electron chi connectivity index (χ3n) is 28.4. The molecule has 36 rings (SSSR count). The highest BCUT2D eigenvalue weighted by Gasteiger charge is 2.73. The van der Waals surface area contributed by atoms with Crippen LogP contribution in [-0.2, 0) is 15.3 Å². The van der Waals surface area contributed by atoms with Crippen molar-refractivity contribution in [2.24, 2.45) is 0 Å². The summed E-state index contributed by atoms with van der Waals surface area (Å²) in [4.78, 5) is 0. The van der Waals surface area contributed by atoms with Crippen molar-refractivity contribution in [2.45, 2.75) is 42.8 Å². The summed E-state index contributed by atoms with van der Waals surface area (Å²) in [6, 6.07) is 21.7. The van der Waals surface area contributed by atoms with Crippen LogP contribution < -0.4 is 0 Å². The molecule has 31 aromatic rings. The Bertz CT molecular complexity index is 8160. The van der Waals surface area contributed by atoms with Crippen molar-refractivity contribution in [1.29, 1.82) is 0 Å². The van der Waals surface area contributed by atoms with Gasteiger partial charge in [0, 0.05) is 23.2 Å². The minimum absolute atomic E-state index is 0.0330. The molecular formula is C81H22OSi. The van der Waals surface area contributed by atoms with Crippen molar-refractivity contribution in [3.05, 3.63) is 94.2 Å². The van der Waals surface area contributed by atoms with Gasteiger partial charge >= 0.3 is 0 Å². The van der Waals surface area contributed by atoms with Crippen LogP contribution in [0.5, 0.6) is 0 Å². The van der Waals surface area contributed by atoms with Crippen molar-refractivity contribution in [3.63, 3.8) is 0 Å². The summed E-state index contributed by atoms with van der Waals surface area (Å²) >= 11 is 0. The lowest BCUT2D eigenvalue weighted by molar-refractivity contribution is 0.230. The second kappa shape index (κ2) is 7.95. The molecule has 0 heterocycles. The summed E-state index contributed by atoms with van der Waals surface area (Å²) in [6.07, 6.45) is 3.75. The highest BCUT2D eigenvalue weighted by Crippen LogP contribution is 2.87. The van der Waals surface area contributed by atoms with E-state index in [4.69, 9.17) is 4.43 Å². The first-order valence-corrected chi connectivity index (χ1v) is 34.5. The Morgan fingerprint density at radius 1 is 0.301 bits per heavy atom. The van der Waals surface area contributed by atoms with Gasteiger partial charge in [-0.25, -0.2) is 0 Å². The van der Waals surface area contributed by atoms with Crippen LogP contribution in [0.15, 0.2) is 66.4 Å². The Hall–Kier alpha value is -9.60. The Labute approximate surface area is 459 Å². The first-order chi connectivity index (χ1) is 41.0. The van der Waals surface area contributed by atoms with E-state index in [9.17, 15) is 0 Å². The molecule has 0 radical (unpaired) electrons. The highest BCUT2D eigenvalue weighted by atomic mass is 28.4. The van der Waals surface area contributed by atoms with Crippen LogP contribution in [-0.4, -0.2) is 8.32 Å². The molecule has 0 bridgehead atoms. The van der Waals surface area contributed by atoms with Gasteiger partial charge in [-0.2, -0.15) is 0 Å². The van der Waals surface area contributed by atoms with Crippen LogP contribution in [0.1, 0.15) is 40.2 Å². The predicted molar refractivity (Wildman–Crippen MR) is 355 cm³/mol. The van der Waals surface area contributed by atoms with Crippen molar-refractivity contribution in [2.75, 3.05) is 0 Å². The van der Waals surface area contributed by atoms with Crippen LogP contribution in [0.2, 0.25) is 19.6 Å². The first-order valence-electron chi connectivity index (χ1n) is 31.0. The third-order valence-corrected chi connectivity index (χ3v) is 29.3. The van der Waals surface area contributed by atoms with Crippen LogP contribution in [0.4, 0.5) is 0 Å². The van der Waals surface area contributed by atoms with Crippen LogP contribution in [0, 0.1) is 0 Å². The molecule has 83 heavy (non-hydrogen) atoms. The molecule has 31 aromatic carbocycles. The molecule has 0 amide bonds. The van der Waals surface area contributed by atoms with Crippen LogP contribution in [0.25, 0.3) is 312 Å². The van der Waals surface area contributed by atoms with E-state index in [1.54, 1.807) is 313 Å². The van der Waals surface area contributed by atoms with E-state index in [0.29, 0.717) is 0 Å². The maximum Gasteiger partial charge on any atom is 0.241 e. The number of allylic oxidation sites excluding steroid dienone is 2. The summed E-state index contributed by atoms with van der Waals surface area (Å²) in [6.45, 7) is 7.39. The van der Waals surface area contributed by atoms with E-state index in [2.05, 4.69) is 80.3 Å². The van der Waals surface area contributed by atoms with Gasteiger partial charge in [-0.3, -0.25) is 0 Å². The molecule has 2 spiro atoms. The zero-order chi connectivity index (χ0) is 50.5. The quantitative estimate of drug-likeness (QED) is 0.0973. The van der Waals surface area contributed by atoms with Crippen LogP contribution >= 0.6 is 0 Å². The lowest BCUT2D eigenvalue weighted by Crippen LogP contribution is -2.57. The second-order valence-corrected chi connectivity index (χ2v) is 35.1. The maximum atomic E-state index is 8.00. The standard InChI is InChI=1S/C81H22OSi/c1-83(2,3)82-17-13-20(21-18-10-6-4-8-15(18)12-16-9-5-7-11-19(16)21)81-78-72-66-56-44-36-28-24-22-23-26-30(28)38(44)48-42-34(26)35-27(23)31-29-25(22)33-32(24)40-46(36)54-60-50(40)51-41(33)47-37(29)45-39(31)49-43(35)53-52(42)64(58(48)66)74(78)75-65(53)59(49)67-57(45)63-55(47)61(51)69-68(60)76(70(72)62(54)56)80(81,14-17)77(69)71(63)73(67)79(75)81/h4-13,20H,14H2,1-3H3. The molecular weight excluding hydrogens is 1020 g/mol. The minimum atomic E-state index is -2.20. The Morgan fingerprint density at radius 2 is 0.530 bits per heavy atom. The van der Waals surface area contributed by atoms with Gasteiger partial charge in [-0.05, 0) is 372 Å². The first kappa shape index (κ1) is 33.4. The number of rotatable bonds is 3. The fraction of sp³-hybridized carbons (Fsp3) is 0.0864. The van der Waals surface area contributed by atoms with Gasteiger partial charge < -0.3 is 4.43 Å². The number of benzene rings is 21. The molecule has 1 unspecified atom stereocenters. The number of fused-ring (bicyclic) bond motifs is 2. The van der Waals surface area contributed by atoms with Gasteiger partial charge in [-0.1, -0.05) is 48.5 Å². The summed E-state index contributed by atoms with van der Waals surface area (Å²) in [7, 11) is -2.20. The molecule has 1 nitrogen and oxygen atoms in total. The maximum absolute atomic E-state index is 8.00.